The highest BCUT2D eigenvalue weighted by molar-refractivity contribution is 5.57. The van der Waals surface area contributed by atoms with Crippen LogP contribution in [0.3, 0.4) is 0 Å². The molecule has 0 saturated carbocycles. The van der Waals surface area contributed by atoms with Crippen LogP contribution in [-0.4, -0.2) is 20.8 Å². The number of benzene rings is 2. The zero-order valence-electron chi connectivity index (χ0n) is 13.7. The van der Waals surface area contributed by atoms with E-state index in [2.05, 4.69) is 11.2 Å². The molecule has 2 rings (SSSR count). The van der Waals surface area contributed by atoms with Gasteiger partial charge in [0, 0.05) is 6.54 Å². The first-order chi connectivity index (χ1) is 11.2. The number of hydrogen-bond donors (Lipinski definition) is 1. The summed E-state index contributed by atoms with van der Waals surface area (Å²) in [6, 6.07) is 11.7. The van der Waals surface area contributed by atoms with Crippen molar-refractivity contribution in [3.63, 3.8) is 0 Å². The molecule has 2 aromatic carbocycles. The van der Waals surface area contributed by atoms with Gasteiger partial charge < -0.3 is 19.5 Å². The minimum Gasteiger partial charge on any atom is -0.493 e. The van der Waals surface area contributed by atoms with Crippen molar-refractivity contribution in [2.75, 3.05) is 26.1 Å². The van der Waals surface area contributed by atoms with Gasteiger partial charge in [0.15, 0.2) is 11.5 Å². The standard InChI is InChI=1S/C19H21NO3/c1-5-10-23-17-9-7-6-8-16(17)20-13-15-12-19(22-4)18(21-3)11-14(15)2/h1,6-9,11-12,20H,10,13H2,2-4H3. The molecule has 2 aromatic rings. The molecule has 0 heterocycles. The van der Waals surface area contributed by atoms with Crippen molar-refractivity contribution in [1.29, 1.82) is 0 Å². The Hall–Kier alpha value is -2.80. The van der Waals surface area contributed by atoms with Crippen molar-refractivity contribution in [3.05, 3.63) is 47.5 Å². The molecule has 0 atom stereocenters. The fraction of sp³-hybridized carbons (Fsp3) is 0.263. The molecule has 120 valence electrons. The first kappa shape index (κ1) is 16.6. The van der Waals surface area contributed by atoms with Gasteiger partial charge in [0.25, 0.3) is 0 Å². The number of terminal acetylenes is 1. The van der Waals surface area contributed by atoms with Crippen LogP contribution in [-0.2, 0) is 6.54 Å². The molecular weight excluding hydrogens is 290 g/mol. The van der Waals surface area contributed by atoms with Gasteiger partial charge in [0.2, 0.25) is 0 Å². The van der Waals surface area contributed by atoms with Crippen LogP contribution in [0.1, 0.15) is 11.1 Å². The third kappa shape index (κ3) is 4.10. The number of nitrogens with one attached hydrogen (secondary N) is 1. The van der Waals surface area contributed by atoms with Crippen LogP contribution in [0.2, 0.25) is 0 Å². The summed E-state index contributed by atoms with van der Waals surface area (Å²) in [5.41, 5.74) is 3.14. The first-order valence-electron chi connectivity index (χ1n) is 7.30. The number of ether oxygens (including phenoxy) is 3. The number of methoxy groups -OCH3 is 2. The van der Waals surface area contributed by atoms with E-state index in [0.29, 0.717) is 12.3 Å². The van der Waals surface area contributed by atoms with Crippen molar-refractivity contribution in [2.24, 2.45) is 0 Å². The smallest absolute Gasteiger partial charge is 0.161 e. The third-order valence-electron chi connectivity index (χ3n) is 3.51. The van der Waals surface area contributed by atoms with E-state index in [4.69, 9.17) is 20.6 Å². The second kappa shape index (κ2) is 8.00. The predicted molar refractivity (Wildman–Crippen MR) is 92.4 cm³/mol. The van der Waals surface area contributed by atoms with Crippen molar-refractivity contribution >= 4 is 5.69 Å². The molecule has 23 heavy (non-hydrogen) atoms. The SMILES string of the molecule is C#CCOc1ccccc1NCc1cc(OC)c(OC)cc1C. The van der Waals surface area contributed by atoms with Gasteiger partial charge in [-0.15, -0.1) is 6.42 Å². The van der Waals surface area contributed by atoms with Crippen molar-refractivity contribution < 1.29 is 14.2 Å². The molecule has 0 aliphatic carbocycles. The molecule has 0 amide bonds. The summed E-state index contributed by atoms with van der Waals surface area (Å²) in [5, 5.41) is 3.38. The quantitative estimate of drug-likeness (QED) is 0.793. The van der Waals surface area contributed by atoms with Crippen LogP contribution in [0.25, 0.3) is 0 Å². The van der Waals surface area contributed by atoms with E-state index in [1.807, 2.05) is 43.3 Å². The van der Waals surface area contributed by atoms with Gasteiger partial charge in [-0.1, -0.05) is 18.1 Å². The van der Waals surface area contributed by atoms with Gasteiger partial charge in [-0.2, -0.15) is 0 Å². The average Bonchev–Trinajstić information content (AvgIpc) is 2.59. The first-order valence-corrected chi connectivity index (χ1v) is 7.30. The van der Waals surface area contributed by atoms with Crippen LogP contribution in [0, 0.1) is 19.3 Å². The van der Waals surface area contributed by atoms with E-state index in [-0.39, 0.29) is 6.61 Å². The van der Waals surface area contributed by atoms with Gasteiger partial charge in [-0.05, 0) is 42.3 Å². The molecular formula is C19H21NO3. The molecule has 0 spiro atoms. The molecule has 0 aliphatic heterocycles. The Morgan fingerprint density at radius 2 is 1.74 bits per heavy atom. The molecule has 0 bridgehead atoms. The van der Waals surface area contributed by atoms with Crippen LogP contribution in [0.15, 0.2) is 36.4 Å². The average molecular weight is 311 g/mol. The number of rotatable bonds is 7. The predicted octanol–water partition coefficient (Wildman–Crippen LogP) is 3.64. The van der Waals surface area contributed by atoms with Gasteiger partial charge >= 0.3 is 0 Å². The van der Waals surface area contributed by atoms with E-state index in [1.165, 1.54) is 0 Å². The van der Waals surface area contributed by atoms with E-state index < -0.39 is 0 Å². The fourth-order valence-electron chi connectivity index (χ4n) is 2.26. The molecule has 0 aromatic heterocycles. The second-order valence-corrected chi connectivity index (χ2v) is 4.98. The highest BCUT2D eigenvalue weighted by atomic mass is 16.5. The summed E-state index contributed by atoms with van der Waals surface area (Å²) in [7, 11) is 3.27. The van der Waals surface area contributed by atoms with Gasteiger partial charge in [-0.25, -0.2) is 0 Å². The lowest BCUT2D eigenvalue weighted by molar-refractivity contribution is 0.354. The highest BCUT2D eigenvalue weighted by Gasteiger charge is 2.09. The van der Waals surface area contributed by atoms with Gasteiger partial charge in [0.1, 0.15) is 12.4 Å². The van der Waals surface area contributed by atoms with Crippen LogP contribution in [0.5, 0.6) is 17.2 Å². The maximum atomic E-state index is 5.54. The van der Waals surface area contributed by atoms with Crippen LogP contribution in [0.4, 0.5) is 5.69 Å². The lowest BCUT2D eigenvalue weighted by atomic mass is 10.1. The Kier molecular flexibility index (Phi) is 5.76. The lowest BCUT2D eigenvalue weighted by Crippen LogP contribution is -2.05. The Labute approximate surface area is 137 Å². The topological polar surface area (TPSA) is 39.7 Å². The Morgan fingerprint density at radius 1 is 1.04 bits per heavy atom. The summed E-state index contributed by atoms with van der Waals surface area (Å²) >= 11 is 0. The summed E-state index contributed by atoms with van der Waals surface area (Å²) < 4.78 is 16.2. The monoisotopic (exact) mass is 311 g/mol. The molecule has 0 unspecified atom stereocenters. The van der Waals surface area contributed by atoms with Crippen molar-refractivity contribution in [2.45, 2.75) is 13.5 Å². The van der Waals surface area contributed by atoms with E-state index in [9.17, 15) is 0 Å². The second-order valence-electron chi connectivity index (χ2n) is 4.98. The van der Waals surface area contributed by atoms with Crippen molar-refractivity contribution in [1.82, 2.24) is 0 Å². The Bertz CT molecular complexity index is 704. The number of aryl methyl sites for hydroxylation is 1. The van der Waals surface area contributed by atoms with Gasteiger partial charge in [0.05, 0.1) is 19.9 Å². The third-order valence-corrected chi connectivity index (χ3v) is 3.51. The van der Waals surface area contributed by atoms with Crippen LogP contribution < -0.4 is 19.5 Å². The molecule has 0 saturated heterocycles. The van der Waals surface area contributed by atoms with Gasteiger partial charge in [-0.3, -0.25) is 0 Å². The summed E-state index contributed by atoms with van der Waals surface area (Å²) in [4.78, 5) is 0. The Balaban J connectivity index is 2.17. The van der Waals surface area contributed by atoms with Crippen molar-refractivity contribution in [3.8, 4) is 29.6 Å². The van der Waals surface area contributed by atoms with E-state index in [1.54, 1.807) is 14.2 Å². The summed E-state index contributed by atoms with van der Waals surface area (Å²) in [6.45, 7) is 2.93. The maximum Gasteiger partial charge on any atom is 0.161 e. The molecule has 4 nitrogen and oxygen atoms in total. The number of anilines is 1. The number of hydrogen-bond acceptors (Lipinski definition) is 4. The molecule has 4 heteroatoms. The zero-order chi connectivity index (χ0) is 16.7. The highest BCUT2D eigenvalue weighted by Crippen LogP contribution is 2.31. The minimum atomic E-state index is 0.244. The molecule has 0 aliphatic rings. The normalized spacial score (nSPS) is 9.83. The summed E-state index contributed by atoms with van der Waals surface area (Å²) in [5.74, 6) is 4.66. The zero-order valence-corrected chi connectivity index (χ0v) is 13.7. The molecule has 0 radical (unpaired) electrons. The lowest BCUT2D eigenvalue weighted by Gasteiger charge is -2.15. The fourth-order valence-corrected chi connectivity index (χ4v) is 2.26. The molecule has 1 N–H and O–H groups in total. The molecule has 0 fully saturated rings. The van der Waals surface area contributed by atoms with E-state index >= 15 is 0 Å². The largest absolute Gasteiger partial charge is 0.493 e. The van der Waals surface area contributed by atoms with Crippen LogP contribution >= 0.6 is 0 Å². The summed E-state index contributed by atoms with van der Waals surface area (Å²) in [6.07, 6.45) is 5.25. The Morgan fingerprint density at radius 3 is 2.43 bits per heavy atom. The maximum absolute atomic E-state index is 5.54. The van der Waals surface area contributed by atoms with E-state index in [0.717, 1.165) is 28.3 Å². The number of para-hydroxylation sites is 2. The minimum absolute atomic E-state index is 0.244.